The minimum absolute atomic E-state index is 0.00635. The molecule has 4 aromatic rings. The highest BCUT2D eigenvalue weighted by Crippen LogP contribution is 2.35. The highest BCUT2D eigenvalue weighted by atomic mass is 19.4. The molecule has 4 rings (SSSR count). The number of carbonyl (C=O) groups excluding carboxylic acids is 9. The lowest BCUT2D eigenvalue weighted by atomic mass is 10.0. The van der Waals surface area contributed by atoms with Crippen LogP contribution in [0.25, 0.3) is 11.0 Å². The Morgan fingerprint density at radius 1 is 0.674 bits per heavy atom. The Kier molecular flexibility index (Phi) is 25.4. The third kappa shape index (κ3) is 22.2. The molecule has 0 saturated carbocycles. The first-order chi connectivity index (χ1) is 40.4. The Balaban J connectivity index is 1.38. The lowest BCUT2D eigenvalue weighted by Crippen LogP contribution is -2.58. The van der Waals surface area contributed by atoms with Gasteiger partial charge in [0.1, 0.15) is 41.5 Å². The fraction of sp³-hybridized carbons (Fsp3) is 0.415. The van der Waals surface area contributed by atoms with Crippen LogP contribution in [0.3, 0.4) is 0 Å². The van der Waals surface area contributed by atoms with Crippen LogP contribution in [0.1, 0.15) is 70.9 Å². The molecule has 33 heteroatoms. The van der Waals surface area contributed by atoms with Gasteiger partial charge in [-0.05, 0) is 48.8 Å². The second-order valence-electron chi connectivity index (χ2n) is 20.1. The fourth-order valence-electron chi connectivity index (χ4n) is 8.22. The van der Waals surface area contributed by atoms with Crippen LogP contribution in [0.15, 0.2) is 87.0 Å². The predicted octanol–water partition coefficient (Wildman–Crippen LogP) is 0.599. The largest absolute Gasteiger partial charge is 0.423 e. The van der Waals surface area contributed by atoms with Crippen molar-refractivity contribution < 1.29 is 70.6 Å². The zero-order valence-electron chi connectivity index (χ0n) is 46.9. The summed E-state index contributed by atoms with van der Waals surface area (Å²) >= 11 is 0. The van der Waals surface area contributed by atoms with Crippen LogP contribution in [-0.4, -0.2) is 125 Å². The Morgan fingerprint density at radius 2 is 1.29 bits per heavy atom. The molecule has 3 aromatic carbocycles. The lowest BCUT2D eigenvalue weighted by Gasteiger charge is -2.26. The molecule has 1 aromatic heterocycles. The lowest BCUT2D eigenvalue weighted by molar-refractivity contribution is -0.388. The number of nitrogens with zero attached hydrogens (tertiary/aromatic N) is 3. The van der Waals surface area contributed by atoms with Crippen molar-refractivity contribution in [1.82, 2.24) is 37.2 Å². The number of nitrogens with one attached hydrogen (secondary N) is 9. The molecular formula is C53H66F3N15O15. The van der Waals surface area contributed by atoms with E-state index in [4.69, 9.17) is 21.6 Å². The molecule has 1 heterocycles. The van der Waals surface area contributed by atoms with Gasteiger partial charge in [0.25, 0.3) is 11.4 Å². The number of hydrogen-bond acceptors (Lipinski definition) is 17. The number of rotatable bonds is 32. The number of amides is 9. The van der Waals surface area contributed by atoms with Gasteiger partial charge in [-0.3, -0.25) is 68.4 Å². The Bertz CT molecular complexity index is 3250. The molecule has 86 heavy (non-hydrogen) atoms. The summed E-state index contributed by atoms with van der Waals surface area (Å²) in [5.74, 6) is -9.15. The number of alkyl halides is 3. The first kappa shape index (κ1) is 68.3. The van der Waals surface area contributed by atoms with E-state index in [1.165, 1.54) is 0 Å². The third-order valence-electron chi connectivity index (χ3n) is 12.4. The quantitative estimate of drug-likeness (QED) is 0.00795. The van der Waals surface area contributed by atoms with E-state index < -0.39 is 171 Å². The van der Waals surface area contributed by atoms with Crippen molar-refractivity contribution in [3.63, 3.8) is 0 Å². The molecule has 0 aliphatic rings. The van der Waals surface area contributed by atoms with Gasteiger partial charge in [-0.15, -0.1) is 0 Å². The number of nitro benzene ring substituents is 2. The summed E-state index contributed by atoms with van der Waals surface area (Å²) in [6.45, 7) is 4.50. The van der Waals surface area contributed by atoms with Gasteiger partial charge in [0.15, 0.2) is 5.96 Å². The normalized spacial score (nSPS) is 12.9. The summed E-state index contributed by atoms with van der Waals surface area (Å²) < 4.78 is 45.5. The van der Waals surface area contributed by atoms with Crippen molar-refractivity contribution in [2.45, 2.75) is 103 Å². The highest BCUT2D eigenvalue weighted by Gasteiger charge is 2.35. The number of benzene rings is 3. The molecule has 464 valence electrons. The third-order valence-corrected chi connectivity index (χ3v) is 12.4. The van der Waals surface area contributed by atoms with Crippen LogP contribution >= 0.6 is 0 Å². The number of halogens is 3. The second kappa shape index (κ2) is 32.0. The minimum atomic E-state index is -4.87. The van der Waals surface area contributed by atoms with E-state index in [0.29, 0.717) is 11.6 Å². The smallest absolute Gasteiger partial charge is 0.417 e. The Labute approximate surface area is 487 Å². The number of carbonyl (C=O) groups is 9. The molecule has 0 aliphatic carbocycles. The van der Waals surface area contributed by atoms with E-state index in [1.807, 2.05) is 0 Å². The average Bonchev–Trinajstić information content (AvgIpc) is 1.14. The maximum absolute atomic E-state index is 14.0. The first-order valence-electron chi connectivity index (χ1n) is 26.5. The zero-order valence-corrected chi connectivity index (χ0v) is 46.9. The molecule has 0 aliphatic heterocycles. The molecule has 0 spiro atoms. The molecule has 0 saturated heterocycles. The van der Waals surface area contributed by atoms with Gasteiger partial charge < -0.3 is 69.5 Å². The topological polar surface area (TPSA) is 469 Å². The van der Waals surface area contributed by atoms with Crippen molar-refractivity contribution in [2.24, 2.45) is 34.0 Å². The average molecular weight is 1210 g/mol. The number of guanidine groups is 1. The van der Waals surface area contributed by atoms with E-state index in [1.54, 1.807) is 58.0 Å². The number of fused-ring (bicyclic) bond motifs is 1. The minimum Gasteiger partial charge on any atom is -0.423 e. The number of nitrogens with two attached hydrogens (primary N) is 3. The molecule has 0 fully saturated rings. The van der Waals surface area contributed by atoms with Crippen LogP contribution in [0.2, 0.25) is 0 Å². The highest BCUT2D eigenvalue weighted by molar-refractivity contribution is 5.98. The van der Waals surface area contributed by atoms with Crippen LogP contribution < -0.4 is 70.7 Å². The number of hydrogen-bond donors (Lipinski definition) is 12. The molecule has 9 amide bonds. The Morgan fingerprint density at radius 3 is 1.88 bits per heavy atom. The summed E-state index contributed by atoms with van der Waals surface area (Å²) in [5, 5.41) is 44.5. The number of primary amides is 1. The second-order valence-corrected chi connectivity index (χ2v) is 20.1. The van der Waals surface area contributed by atoms with E-state index in [2.05, 4.69) is 52.8 Å². The number of aliphatic imine (C=N–C) groups is 1. The molecule has 0 bridgehead atoms. The number of anilines is 2. The Hall–Kier alpha value is -10.2. The molecule has 5 unspecified atom stereocenters. The van der Waals surface area contributed by atoms with Crippen molar-refractivity contribution >= 4 is 92.8 Å². The van der Waals surface area contributed by atoms with Gasteiger partial charge in [0.2, 0.25) is 53.2 Å². The molecule has 30 nitrogen and oxygen atoms in total. The van der Waals surface area contributed by atoms with Gasteiger partial charge in [-0.25, -0.2) is 4.79 Å². The van der Waals surface area contributed by atoms with Gasteiger partial charge in [0, 0.05) is 73.8 Å². The van der Waals surface area contributed by atoms with Crippen LogP contribution in [0, 0.1) is 32.1 Å². The first-order valence-corrected chi connectivity index (χ1v) is 26.5. The van der Waals surface area contributed by atoms with E-state index in [-0.39, 0.29) is 55.5 Å². The monoisotopic (exact) mass is 1210 g/mol. The fourth-order valence-corrected chi connectivity index (χ4v) is 8.22. The van der Waals surface area contributed by atoms with Crippen molar-refractivity contribution in [2.75, 3.05) is 36.8 Å². The zero-order chi connectivity index (χ0) is 64.0. The van der Waals surface area contributed by atoms with Gasteiger partial charge >= 0.3 is 11.8 Å². The maximum Gasteiger partial charge on any atom is 0.417 e. The summed E-state index contributed by atoms with van der Waals surface area (Å²) in [7, 11) is 0. The standard InChI is InChI=1S/C53H66F3N15O15/c1-27(2)19-36(68-50(80)37(20-29-9-6-5-7-10-29)65-42(73)17-16-41(72)64-30-12-14-32-33(53(54,55)56)23-45(76)86-40(32)21-30)49(79)63-26-44(75)69-46(28(3)4)51(81)67-34(11-8-18-60-52(58)59)48(78)62-25-43(74)66-38(47(57)77)24-61-35-22-31(70(82)83)13-15-39(35)71(84)85/h5-7,9-10,12-15,21-23,27-28,34,36-38,46,61H,8,11,16-20,24-26H2,1-4H3,(H2,57,77)(H,62,78)(H,63,79)(H,64,72)(H,65,73)(H,66,74)(H,67,81)(H,68,80)(H,69,75)(H4,58,59,60). The van der Waals surface area contributed by atoms with Crippen molar-refractivity contribution in [3.05, 3.63) is 115 Å². The SMILES string of the molecule is CC(C)CC(NC(=O)C(Cc1ccccc1)NC(=O)CCC(=O)Nc1ccc2c(C(F)(F)F)cc(=O)oc2c1)C(=O)NCC(=O)NC(C(=O)NC(CCCN=C(N)N)C(=O)NCC(=O)NC(CNc1cc([N+](=O)[O-])ccc1[N+](=O)[O-])C(N)=O)C(C)C. The summed E-state index contributed by atoms with van der Waals surface area (Å²) in [4.78, 5) is 157. The van der Waals surface area contributed by atoms with Gasteiger partial charge in [0.05, 0.1) is 28.5 Å². The van der Waals surface area contributed by atoms with E-state index in [9.17, 15) is 81.3 Å². The van der Waals surface area contributed by atoms with E-state index >= 15 is 0 Å². The molecule has 15 N–H and O–H groups in total. The van der Waals surface area contributed by atoms with Gasteiger partial charge in [-0.1, -0.05) is 58.0 Å². The van der Waals surface area contributed by atoms with Crippen molar-refractivity contribution in [1.29, 1.82) is 0 Å². The van der Waals surface area contributed by atoms with Crippen molar-refractivity contribution in [3.8, 4) is 0 Å². The molecule has 5 atom stereocenters. The number of nitro groups is 2. The maximum atomic E-state index is 14.0. The number of non-ortho nitro benzene ring substituents is 1. The van der Waals surface area contributed by atoms with Gasteiger partial charge in [-0.2, -0.15) is 13.2 Å². The summed E-state index contributed by atoms with van der Waals surface area (Å²) in [5.41, 5.74) is 12.4. The summed E-state index contributed by atoms with van der Waals surface area (Å²) in [6, 6.07) is 7.59. The summed E-state index contributed by atoms with van der Waals surface area (Å²) in [6.07, 6.45) is -5.90. The van der Waals surface area contributed by atoms with Crippen LogP contribution in [-0.2, 0) is 55.7 Å². The molecule has 0 radical (unpaired) electrons. The molecular weight excluding hydrogens is 1140 g/mol. The van der Waals surface area contributed by atoms with Crippen LogP contribution in [0.4, 0.5) is 35.9 Å². The van der Waals surface area contributed by atoms with E-state index in [0.717, 1.165) is 36.4 Å². The van der Waals surface area contributed by atoms with Crippen LogP contribution in [0.5, 0.6) is 0 Å². The predicted molar refractivity (Wildman–Crippen MR) is 303 cm³/mol.